The summed E-state index contributed by atoms with van der Waals surface area (Å²) < 4.78 is 10.2. The molecule has 0 heterocycles. The molecule has 14 heavy (non-hydrogen) atoms. The van der Waals surface area contributed by atoms with E-state index in [0.29, 0.717) is 26.4 Å². The van der Waals surface area contributed by atoms with Crippen LogP contribution in [0.5, 0.6) is 0 Å². The third kappa shape index (κ3) is 9.92. The smallest absolute Gasteiger partial charge is 0.0718 e. The van der Waals surface area contributed by atoms with Gasteiger partial charge < -0.3 is 19.5 Å². The lowest BCUT2D eigenvalue weighted by Crippen LogP contribution is -2.37. The minimum atomic E-state index is -0.638. The minimum absolute atomic E-state index is 0.632. The van der Waals surface area contributed by atoms with Gasteiger partial charge in [-0.25, -0.2) is 0 Å². The Morgan fingerprint density at radius 1 is 1.21 bits per heavy atom. The molecule has 4 nitrogen and oxygen atoms in total. The summed E-state index contributed by atoms with van der Waals surface area (Å²) in [5.74, 6) is 0. The van der Waals surface area contributed by atoms with E-state index in [1.54, 1.807) is 21.0 Å². The first-order valence-electron chi connectivity index (χ1n) is 4.93. The summed E-state index contributed by atoms with van der Waals surface area (Å²) in [7, 11) is 3.63. The second-order valence-corrected chi connectivity index (χ2v) is 4.16. The molecular formula is C10H23NO3. The number of ether oxygens (including phenoxy) is 2. The van der Waals surface area contributed by atoms with Crippen molar-refractivity contribution >= 4 is 0 Å². The molecule has 0 radical (unpaired) electrons. The molecule has 0 aromatic carbocycles. The fourth-order valence-corrected chi connectivity index (χ4v) is 1.20. The van der Waals surface area contributed by atoms with Gasteiger partial charge in [-0.3, -0.25) is 0 Å². The summed E-state index contributed by atoms with van der Waals surface area (Å²) in [6.07, 6.45) is 0. The highest BCUT2D eigenvalue weighted by Gasteiger charge is 2.14. The summed E-state index contributed by atoms with van der Waals surface area (Å²) in [4.78, 5) is 2.05. The van der Waals surface area contributed by atoms with Crippen LogP contribution in [0.1, 0.15) is 13.8 Å². The fourth-order valence-electron chi connectivity index (χ4n) is 1.20. The first-order valence-corrected chi connectivity index (χ1v) is 4.93. The van der Waals surface area contributed by atoms with Crippen LogP contribution in [-0.2, 0) is 9.47 Å². The van der Waals surface area contributed by atoms with Crippen LogP contribution >= 0.6 is 0 Å². The van der Waals surface area contributed by atoms with Crippen LogP contribution in [0.4, 0.5) is 0 Å². The van der Waals surface area contributed by atoms with Crippen molar-refractivity contribution in [3.8, 4) is 0 Å². The maximum Gasteiger partial charge on any atom is 0.0718 e. The van der Waals surface area contributed by atoms with Gasteiger partial charge in [0.25, 0.3) is 0 Å². The topological polar surface area (TPSA) is 41.9 Å². The Hall–Kier alpha value is -0.160. The van der Waals surface area contributed by atoms with Crippen molar-refractivity contribution in [2.45, 2.75) is 19.4 Å². The van der Waals surface area contributed by atoms with E-state index in [0.717, 1.165) is 6.54 Å². The number of methoxy groups -OCH3 is 1. The molecule has 0 fully saturated rings. The lowest BCUT2D eigenvalue weighted by atomic mass is 10.1. The Kier molecular flexibility index (Phi) is 7.09. The van der Waals surface area contributed by atoms with Gasteiger partial charge in [-0.15, -0.1) is 0 Å². The van der Waals surface area contributed by atoms with Gasteiger partial charge in [0.05, 0.1) is 25.4 Å². The molecule has 0 bridgehead atoms. The average molecular weight is 205 g/mol. The molecule has 0 aliphatic heterocycles. The Labute approximate surface area is 86.8 Å². The standard InChI is InChI=1S/C10H23NO3/c1-10(2,12)9-11(3)5-6-14-8-7-13-4/h12H,5-9H2,1-4H3. The van der Waals surface area contributed by atoms with Crippen molar-refractivity contribution in [1.29, 1.82) is 0 Å². The maximum atomic E-state index is 9.53. The van der Waals surface area contributed by atoms with Crippen LogP contribution in [0.3, 0.4) is 0 Å². The molecule has 0 saturated heterocycles. The minimum Gasteiger partial charge on any atom is -0.389 e. The third-order valence-corrected chi connectivity index (χ3v) is 1.71. The van der Waals surface area contributed by atoms with Gasteiger partial charge in [0.15, 0.2) is 0 Å². The van der Waals surface area contributed by atoms with Gasteiger partial charge in [0.2, 0.25) is 0 Å². The molecule has 0 spiro atoms. The molecule has 0 amide bonds. The van der Waals surface area contributed by atoms with Crippen LogP contribution in [0.15, 0.2) is 0 Å². The lowest BCUT2D eigenvalue weighted by Gasteiger charge is -2.25. The lowest BCUT2D eigenvalue weighted by molar-refractivity contribution is 0.0247. The number of nitrogens with zero attached hydrogens (tertiary/aromatic N) is 1. The molecular weight excluding hydrogens is 182 g/mol. The van der Waals surface area contributed by atoms with Gasteiger partial charge >= 0.3 is 0 Å². The van der Waals surface area contributed by atoms with E-state index in [-0.39, 0.29) is 0 Å². The predicted octanol–water partition coefficient (Wildman–Crippen LogP) is 0.352. The molecule has 0 aliphatic rings. The fraction of sp³-hybridized carbons (Fsp3) is 1.00. The average Bonchev–Trinajstić information content (AvgIpc) is 2.00. The van der Waals surface area contributed by atoms with Crippen LogP contribution in [-0.4, -0.2) is 62.7 Å². The van der Waals surface area contributed by atoms with Crippen molar-refractivity contribution < 1.29 is 14.6 Å². The maximum absolute atomic E-state index is 9.53. The second-order valence-electron chi connectivity index (χ2n) is 4.16. The van der Waals surface area contributed by atoms with Crippen LogP contribution < -0.4 is 0 Å². The Morgan fingerprint density at radius 3 is 2.36 bits per heavy atom. The summed E-state index contributed by atoms with van der Waals surface area (Å²) in [5.41, 5.74) is -0.638. The monoisotopic (exact) mass is 205 g/mol. The molecule has 1 N–H and O–H groups in total. The third-order valence-electron chi connectivity index (χ3n) is 1.71. The highest BCUT2D eigenvalue weighted by Crippen LogP contribution is 2.02. The van der Waals surface area contributed by atoms with E-state index in [9.17, 15) is 5.11 Å². The number of likely N-dealkylation sites (N-methyl/N-ethyl adjacent to an activating group) is 1. The summed E-state index contributed by atoms with van der Waals surface area (Å²) >= 11 is 0. The Morgan fingerprint density at radius 2 is 1.86 bits per heavy atom. The summed E-state index contributed by atoms with van der Waals surface area (Å²) in [6, 6.07) is 0. The first kappa shape index (κ1) is 13.8. The number of aliphatic hydroxyl groups is 1. The molecule has 0 rings (SSSR count). The highest BCUT2D eigenvalue weighted by molar-refractivity contribution is 4.69. The molecule has 86 valence electrons. The second kappa shape index (κ2) is 7.17. The molecule has 0 aliphatic carbocycles. The number of hydrogen-bond donors (Lipinski definition) is 1. The van der Waals surface area contributed by atoms with Gasteiger partial charge in [0.1, 0.15) is 0 Å². The zero-order valence-corrected chi connectivity index (χ0v) is 9.75. The predicted molar refractivity (Wildman–Crippen MR) is 56.5 cm³/mol. The van der Waals surface area contributed by atoms with Crippen molar-refractivity contribution in [3.63, 3.8) is 0 Å². The van der Waals surface area contributed by atoms with Crippen molar-refractivity contribution in [2.24, 2.45) is 0 Å². The van der Waals surface area contributed by atoms with Gasteiger partial charge in [0, 0.05) is 20.2 Å². The zero-order valence-electron chi connectivity index (χ0n) is 9.75. The molecule has 0 atom stereocenters. The van der Waals surface area contributed by atoms with Crippen molar-refractivity contribution in [3.05, 3.63) is 0 Å². The van der Waals surface area contributed by atoms with E-state index in [2.05, 4.69) is 0 Å². The zero-order chi connectivity index (χ0) is 11.0. The molecule has 0 saturated carbocycles. The van der Waals surface area contributed by atoms with Crippen LogP contribution in [0, 0.1) is 0 Å². The van der Waals surface area contributed by atoms with E-state index < -0.39 is 5.60 Å². The van der Waals surface area contributed by atoms with Gasteiger partial charge in [-0.1, -0.05) is 0 Å². The highest BCUT2D eigenvalue weighted by atomic mass is 16.5. The Bertz CT molecular complexity index is 134. The van der Waals surface area contributed by atoms with Crippen molar-refractivity contribution in [1.82, 2.24) is 4.90 Å². The number of rotatable bonds is 8. The molecule has 0 aromatic heterocycles. The summed E-state index contributed by atoms with van der Waals surface area (Å²) in [5, 5.41) is 9.53. The van der Waals surface area contributed by atoms with Gasteiger partial charge in [-0.05, 0) is 20.9 Å². The number of hydrogen-bond acceptors (Lipinski definition) is 4. The largest absolute Gasteiger partial charge is 0.389 e. The van der Waals surface area contributed by atoms with E-state index >= 15 is 0 Å². The van der Waals surface area contributed by atoms with Crippen LogP contribution in [0.2, 0.25) is 0 Å². The van der Waals surface area contributed by atoms with Crippen molar-refractivity contribution in [2.75, 3.05) is 47.1 Å². The molecule has 4 heteroatoms. The van der Waals surface area contributed by atoms with E-state index in [1.807, 2.05) is 11.9 Å². The first-order chi connectivity index (χ1) is 6.45. The Balaban J connectivity index is 3.31. The molecule has 0 unspecified atom stereocenters. The van der Waals surface area contributed by atoms with Gasteiger partial charge in [-0.2, -0.15) is 0 Å². The molecule has 0 aromatic rings. The van der Waals surface area contributed by atoms with E-state index in [1.165, 1.54) is 0 Å². The summed E-state index contributed by atoms with van der Waals surface area (Å²) in [6.45, 7) is 7.02. The van der Waals surface area contributed by atoms with Crippen LogP contribution in [0.25, 0.3) is 0 Å². The van der Waals surface area contributed by atoms with E-state index in [4.69, 9.17) is 9.47 Å². The normalized spacial score (nSPS) is 12.4. The quantitative estimate of drug-likeness (QED) is 0.581. The SMILES string of the molecule is COCCOCCN(C)CC(C)(C)O.